The number of phenolic OH excluding ortho intramolecular Hbond substituents is 1. The maximum Gasteiger partial charge on any atom is 0.372 e. The van der Waals surface area contributed by atoms with Gasteiger partial charge in [0.15, 0.2) is 0 Å². The molecule has 0 unspecified atom stereocenters. The molecule has 142 valence electrons. The van der Waals surface area contributed by atoms with Gasteiger partial charge in [-0.3, -0.25) is 10.1 Å². The third kappa shape index (κ3) is 4.41. The predicted molar refractivity (Wildman–Crippen MR) is 107 cm³/mol. The summed E-state index contributed by atoms with van der Waals surface area (Å²) in [6, 6.07) is 8.98. The molecule has 0 radical (unpaired) electrons. The largest absolute Gasteiger partial charge is 0.507 e. The van der Waals surface area contributed by atoms with E-state index in [1.54, 1.807) is 6.20 Å². The van der Waals surface area contributed by atoms with Crippen molar-refractivity contribution in [3.05, 3.63) is 79.3 Å². The molecule has 1 heterocycles. The maximum absolute atomic E-state index is 12.2. The van der Waals surface area contributed by atoms with Gasteiger partial charge in [-0.25, -0.2) is 9.78 Å². The topological polar surface area (TPSA) is 103 Å². The number of carbonyl (C=O) groups is 1. The van der Waals surface area contributed by atoms with E-state index in [0.717, 1.165) is 21.6 Å². The Labute approximate surface area is 164 Å². The second-order valence-corrected chi connectivity index (χ2v) is 7.11. The highest BCUT2D eigenvalue weighted by Crippen LogP contribution is 2.25. The molecule has 3 aromatic rings. The minimum absolute atomic E-state index is 0.0822. The fourth-order valence-corrected chi connectivity index (χ4v) is 3.20. The number of nitrogens with zero attached hydrogens (tertiary/aromatic N) is 2. The monoisotopic (exact) mass is 396 g/mol. The molecule has 0 saturated carbocycles. The van der Waals surface area contributed by atoms with Crippen LogP contribution in [0.15, 0.2) is 42.6 Å². The Kier molecular flexibility index (Phi) is 5.51. The van der Waals surface area contributed by atoms with E-state index < -0.39 is 10.9 Å². The van der Waals surface area contributed by atoms with Crippen LogP contribution in [0.25, 0.3) is 12.2 Å². The maximum atomic E-state index is 12.2. The number of ether oxygens (including phenoxy) is 1. The second kappa shape index (κ2) is 8.01. The molecule has 0 aliphatic carbocycles. The Bertz CT molecular complexity index is 1050. The molecule has 0 aliphatic rings. The van der Waals surface area contributed by atoms with Crippen molar-refractivity contribution in [1.29, 1.82) is 0 Å². The SMILES string of the molecule is Cc1cc(/C=C/c2cnc(C(=O)Oc3ccc([N+](=O)[O-])cc3)s2)cc(C)c1O. The van der Waals surface area contributed by atoms with E-state index in [2.05, 4.69) is 4.98 Å². The standard InChI is InChI=1S/C20H16N2O5S/c1-12-9-14(10-13(2)18(12)23)3-8-17-11-21-19(28-17)20(24)27-16-6-4-15(5-7-16)22(25)26/h3-11,23H,1-2H3/b8-3+. The molecule has 0 saturated heterocycles. The highest BCUT2D eigenvalue weighted by atomic mass is 32.1. The summed E-state index contributed by atoms with van der Waals surface area (Å²) in [5.74, 6) is -0.140. The summed E-state index contributed by atoms with van der Waals surface area (Å²) in [7, 11) is 0. The average Bonchev–Trinajstić information content (AvgIpc) is 3.14. The summed E-state index contributed by atoms with van der Waals surface area (Å²) in [5, 5.41) is 20.7. The van der Waals surface area contributed by atoms with Gasteiger partial charge in [0.2, 0.25) is 5.01 Å². The number of hydrogen-bond acceptors (Lipinski definition) is 7. The van der Waals surface area contributed by atoms with E-state index in [0.29, 0.717) is 0 Å². The van der Waals surface area contributed by atoms with Crippen LogP contribution < -0.4 is 4.74 Å². The van der Waals surface area contributed by atoms with Gasteiger partial charge in [0, 0.05) is 23.2 Å². The number of aromatic nitrogens is 1. The van der Waals surface area contributed by atoms with Crippen LogP contribution >= 0.6 is 11.3 Å². The quantitative estimate of drug-likeness (QED) is 0.289. The van der Waals surface area contributed by atoms with Crippen molar-refractivity contribution in [3.63, 3.8) is 0 Å². The van der Waals surface area contributed by atoms with E-state index in [-0.39, 0.29) is 22.2 Å². The Hall–Kier alpha value is -3.52. The zero-order valence-corrected chi connectivity index (χ0v) is 15.9. The number of benzene rings is 2. The average molecular weight is 396 g/mol. The van der Waals surface area contributed by atoms with Crippen LogP contribution in [0.1, 0.15) is 31.4 Å². The zero-order valence-electron chi connectivity index (χ0n) is 15.1. The number of aromatic hydroxyl groups is 1. The number of rotatable bonds is 5. The molecule has 0 fully saturated rings. The summed E-state index contributed by atoms with van der Waals surface area (Å²) in [6.45, 7) is 3.66. The third-order valence-electron chi connectivity index (χ3n) is 3.91. The smallest absolute Gasteiger partial charge is 0.372 e. The van der Waals surface area contributed by atoms with Gasteiger partial charge in [0.1, 0.15) is 11.5 Å². The highest BCUT2D eigenvalue weighted by Gasteiger charge is 2.14. The predicted octanol–water partition coefficient (Wildman–Crippen LogP) is 4.76. The lowest BCUT2D eigenvalue weighted by atomic mass is 10.1. The Morgan fingerprint density at radius 3 is 2.43 bits per heavy atom. The molecule has 1 aromatic heterocycles. The van der Waals surface area contributed by atoms with E-state index in [9.17, 15) is 20.0 Å². The minimum Gasteiger partial charge on any atom is -0.507 e. The second-order valence-electron chi connectivity index (χ2n) is 6.04. The number of thiazole rings is 1. The summed E-state index contributed by atoms with van der Waals surface area (Å²) in [4.78, 5) is 27.1. The number of hydrogen-bond donors (Lipinski definition) is 1. The van der Waals surface area contributed by atoms with Gasteiger partial charge >= 0.3 is 5.97 Å². The zero-order chi connectivity index (χ0) is 20.3. The number of carbonyl (C=O) groups excluding carboxylic acids is 1. The van der Waals surface area contributed by atoms with Gasteiger partial charge in [-0.15, -0.1) is 11.3 Å². The molecule has 7 nitrogen and oxygen atoms in total. The van der Waals surface area contributed by atoms with Gasteiger partial charge in [-0.1, -0.05) is 6.08 Å². The molecule has 0 spiro atoms. The van der Waals surface area contributed by atoms with E-state index in [1.165, 1.54) is 35.6 Å². The first-order valence-electron chi connectivity index (χ1n) is 8.24. The van der Waals surface area contributed by atoms with Crippen molar-refractivity contribution in [3.8, 4) is 11.5 Å². The van der Waals surface area contributed by atoms with Crippen LogP contribution in [-0.4, -0.2) is 21.0 Å². The first kappa shape index (κ1) is 19.2. The van der Waals surface area contributed by atoms with Gasteiger partial charge in [-0.2, -0.15) is 0 Å². The number of nitro groups is 1. The molecule has 0 bridgehead atoms. The lowest BCUT2D eigenvalue weighted by molar-refractivity contribution is -0.384. The molecule has 3 rings (SSSR count). The molecule has 8 heteroatoms. The van der Waals surface area contributed by atoms with Crippen LogP contribution in [0.2, 0.25) is 0 Å². The van der Waals surface area contributed by atoms with Crippen molar-refractivity contribution in [1.82, 2.24) is 4.98 Å². The van der Waals surface area contributed by atoms with Crippen LogP contribution in [0, 0.1) is 24.0 Å². The van der Waals surface area contributed by atoms with Crippen LogP contribution in [0.4, 0.5) is 5.69 Å². The van der Waals surface area contributed by atoms with Crippen LogP contribution in [0.3, 0.4) is 0 Å². The minimum atomic E-state index is -0.630. The molecule has 28 heavy (non-hydrogen) atoms. The first-order chi connectivity index (χ1) is 13.3. The highest BCUT2D eigenvalue weighted by molar-refractivity contribution is 7.14. The van der Waals surface area contributed by atoms with Crippen LogP contribution in [0.5, 0.6) is 11.5 Å². The Morgan fingerprint density at radius 1 is 1.18 bits per heavy atom. The molecule has 1 N–H and O–H groups in total. The van der Waals surface area contributed by atoms with Gasteiger partial charge < -0.3 is 9.84 Å². The van der Waals surface area contributed by atoms with E-state index in [1.807, 2.05) is 38.1 Å². The van der Waals surface area contributed by atoms with Crippen molar-refractivity contribution < 1.29 is 19.6 Å². The number of nitro benzene ring substituents is 1. The van der Waals surface area contributed by atoms with E-state index in [4.69, 9.17) is 4.74 Å². The molecule has 0 aliphatic heterocycles. The molecule has 0 atom stereocenters. The van der Waals surface area contributed by atoms with Crippen LogP contribution in [-0.2, 0) is 0 Å². The Morgan fingerprint density at radius 2 is 1.82 bits per heavy atom. The van der Waals surface area contributed by atoms with Crippen molar-refractivity contribution in [2.45, 2.75) is 13.8 Å². The number of esters is 1. The lowest BCUT2D eigenvalue weighted by Gasteiger charge is -2.04. The normalized spacial score (nSPS) is 10.9. The van der Waals surface area contributed by atoms with Gasteiger partial charge in [0.05, 0.1) is 4.92 Å². The fraction of sp³-hybridized carbons (Fsp3) is 0.100. The first-order valence-corrected chi connectivity index (χ1v) is 9.06. The Balaban J connectivity index is 1.69. The molecule has 2 aromatic carbocycles. The summed E-state index contributed by atoms with van der Waals surface area (Å²) < 4.78 is 5.19. The molecular weight excluding hydrogens is 380 g/mol. The molecule has 0 amide bonds. The summed E-state index contributed by atoms with van der Waals surface area (Å²) >= 11 is 1.17. The number of non-ortho nitro benzene ring substituents is 1. The molecular formula is C20H16N2O5S. The number of aryl methyl sites for hydroxylation is 2. The summed E-state index contributed by atoms with van der Waals surface area (Å²) in [6.07, 6.45) is 5.26. The fourth-order valence-electron chi connectivity index (χ4n) is 2.51. The van der Waals surface area contributed by atoms with Crippen molar-refractivity contribution >= 4 is 35.1 Å². The van der Waals surface area contributed by atoms with Crippen molar-refractivity contribution in [2.75, 3.05) is 0 Å². The summed E-state index contributed by atoms with van der Waals surface area (Å²) in [5.41, 5.74) is 2.42. The van der Waals surface area contributed by atoms with Gasteiger partial charge in [0.25, 0.3) is 5.69 Å². The van der Waals surface area contributed by atoms with E-state index >= 15 is 0 Å². The lowest BCUT2D eigenvalue weighted by Crippen LogP contribution is -2.07. The van der Waals surface area contributed by atoms with Gasteiger partial charge in [-0.05, 0) is 60.9 Å². The third-order valence-corrected chi connectivity index (χ3v) is 4.85. The van der Waals surface area contributed by atoms with Crippen molar-refractivity contribution in [2.24, 2.45) is 0 Å². The number of phenols is 1.